The van der Waals surface area contributed by atoms with Crippen molar-refractivity contribution in [3.63, 3.8) is 0 Å². The van der Waals surface area contributed by atoms with Gasteiger partial charge in [0.1, 0.15) is 0 Å². The smallest absolute Gasteiger partial charge is 0.317 e. The summed E-state index contributed by atoms with van der Waals surface area (Å²) in [6.45, 7) is -0.492. The van der Waals surface area contributed by atoms with Crippen LogP contribution < -0.4 is 5.32 Å². The summed E-state index contributed by atoms with van der Waals surface area (Å²) in [6.07, 6.45) is 2.14. The number of nitrogens with one attached hydrogen (secondary N) is 1. The number of nitro benzene ring substituents is 1. The van der Waals surface area contributed by atoms with Crippen LogP contribution in [0.2, 0.25) is 10.0 Å². The summed E-state index contributed by atoms with van der Waals surface area (Å²) in [7, 11) is 0. The van der Waals surface area contributed by atoms with Crippen molar-refractivity contribution < 1.29 is 19.2 Å². The van der Waals surface area contributed by atoms with Gasteiger partial charge in [0.05, 0.1) is 21.0 Å². The Kier molecular flexibility index (Phi) is 5.86. The van der Waals surface area contributed by atoms with Crippen LogP contribution in [0, 0.1) is 10.1 Å². The molecule has 0 unspecified atom stereocenters. The number of esters is 1. The van der Waals surface area contributed by atoms with Crippen LogP contribution in [0.15, 0.2) is 42.5 Å². The molecule has 146 valence electrons. The van der Waals surface area contributed by atoms with Crippen LogP contribution in [-0.2, 0) is 19.7 Å². The Balaban J connectivity index is 1.63. The molecule has 0 atom stereocenters. The first kappa shape index (κ1) is 20.1. The lowest BCUT2D eigenvalue weighted by molar-refractivity contribution is -0.384. The van der Waals surface area contributed by atoms with Crippen molar-refractivity contribution in [1.82, 2.24) is 0 Å². The highest BCUT2D eigenvalue weighted by atomic mass is 35.5. The molecule has 2 aromatic rings. The molecular formula is C19H16Cl2N2O5. The number of ether oxygens (including phenoxy) is 1. The number of halogens is 2. The molecule has 1 amide bonds. The van der Waals surface area contributed by atoms with E-state index in [1.54, 1.807) is 18.2 Å². The van der Waals surface area contributed by atoms with Crippen LogP contribution in [0.4, 0.5) is 11.4 Å². The molecule has 7 nitrogen and oxygen atoms in total. The molecular weight excluding hydrogens is 407 g/mol. The van der Waals surface area contributed by atoms with Crippen LogP contribution >= 0.6 is 23.2 Å². The lowest BCUT2D eigenvalue weighted by Gasteiger charge is -2.39. The number of hydrogen-bond donors (Lipinski definition) is 1. The fourth-order valence-corrected chi connectivity index (χ4v) is 3.51. The number of carbonyl (C=O) groups is 2. The predicted octanol–water partition coefficient (Wildman–Crippen LogP) is 4.51. The zero-order valence-corrected chi connectivity index (χ0v) is 16.1. The van der Waals surface area contributed by atoms with Crippen molar-refractivity contribution in [1.29, 1.82) is 0 Å². The van der Waals surface area contributed by atoms with Crippen molar-refractivity contribution in [2.45, 2.75) is 24.7 Å². The maximum absolute atomic E-state index is 12.7. The van der Waals surface area contributed by atoms with Crippen LogP contribution in [0.3, 0.4) is 0 Å². The first-order chi connectivity index (χ1) is 13.3. The summed E-state index contributed by atoms with van der Waals surface area (Å²) in [5.74, 6) is -1.07. The van der Waals surface area contributed by atoms with Gasteiger partial charge in [-0.25, -0.2) is 0 Å². The van der Waals surface area contributed by atoms with Crippen molar-refractivity contribution in [2.75, 3.05) is 11.9 Å². The Hall–Kier alpha value is -2.64. The Morgan fingerprint density at radius 3 is 2.50 bits per heavy atom. The second-order valence-electron chi connectivity index (χ2n) is 6.49. The molecule has 28 heavy (non-hydrogen) atoms. The first-order valence-corrected chi connectivity index (χ1v) is 9.24. The molecule has 0 aliphatic heterocycles. The molecule has 0 saturated heterocycles. The summed E-state index contributed by atoms with van der Waals surface area (Å²) in [5, 5.41) is 13.7. The van der Waals surface area contributed by atoms with Crippen LogP contribution in [-0.4, -0.2) is 23.4 Å². The molecule has 0 bridgehead atoms. The van der Waals surface area contributed by atoms with E-state index < -0.39 is 28.8 Å². The Bertz CT molecular complexity index is 944. The summed E-state index contributed by atoms with van der Waals surface area (Å²) >= 11 is 12.0. The molecule has 2 aromatic carbocycles. The summed E-state index contributed by atoms with van der Waals surface area (Å²) in [5.41, 5.74) is -0.00429. The van der Waals surface area contributed by atoms with Gasteiger partial charge in [0, 0.05) is 17.2 Å². The molecule has 0 aromatic heterocycles. The van der Waals surface area contributed by atoms with Gasteiger partial charge >= 0.3 is 5.97 Å². The zero-order chi connectivity index (χ0) is 20.3. The third-order valence-electron chi connectivity index (χ3n) is 4.75. The average Bonchev–Trinajstić information content (AvgIpc) is 2.60. The van der Waals surface area contributed by atoms with Crippen LogP contribution in [0.25, 0.3) is 0 Å². The van der Waals surface area contributed by atoms with Crippen molar-refractivity contribution >= 4 is 46.5 Å². The number of rotatable bonds is 6. The van der Waals surface area contributed by atoms with Gasteiger partial charge in [0.2, 0.25) is 0 Å². The van der Waals surface area contributed by atoms with Crippen LogP contribution in [0.5, 0.6) is 0 Å². The average molecular weight is 423 g/mol. The second kappa shape index (κ2) is 8.16. The standard InChI is InChI=1S/C19H16Cl2N2O5/c20-13-4-1-3-12(9-13)19(7-2-8-19)18(25)28-11-17(24)22-16-6-5-14(23(26)27)10-15(16)21/h1,3-6,9-10H,2,7-8,11H2,(H,22,24). The maximum Gasteiger partial charge on any atom is 0.317 e. The highest BCUT2D eigenvalue weighted by Crippen LogP contribution is 2.45. The van der Waals surface area contributed by atoms with E-state index in [2.05, 4.69) is 5.32 Å². The molecule has 1 aliphatic carbocycles. The van der Waals surface area contributed by atoms with Gasteiger partial charge in [0.15, 0.2) is 6.61 Å². The number of hydrogen-bond acceptors (Lipinski definition) is 5. The van der Waals surface area contributed by atoms with Gasteiger partial charge in [0.25, 0.3) is 11.6 Å². The quantitative estimate of drug-likeness (QED) is 0.419. The summed E-state index contributed by atoms with van der Waals surface area (Å²) in [4.78, 5) is 34.9. The van der Waals surface area contributed by atoms with E-state index in [4.69, 9.17) is 27.9 Å². The third kappa shape index (κ3) is 4.10. The molecule has 9 heteroatoms. The molecule has 1 saturated carbocycles. The van der Waals surface area contributed by atoms with E-state index in [9.17, 15) is 19.7 Å². The fraction of sp³-hybridized carbons (Fsp3) is 0.263. The number of nitro groups is 1. The van der Waals surface area contributed by atoms with Crippen molar-refractivity contribution in [3.05, 3.63) is 68.2 Å². The van der Waals surface area contributed by atoms with Gasteiger partial charge in [-0.2, -0.15) is 0 Å². The molecule has 1 N–H and O–H groups in total. The number of amides is 1. The SMILES string of the molecule is O=C(COC(=O)C1(c2cccc(Cl)c2)CCC1)Nc1ccc([N+](=O)[O-])cc1Cl. The number of anilines is 1. The first-order valence-electron chi connectivity index (χ1n) is 8.49. The monoisotopic (exact) mass is 422 g/mol. The molecule has 1 aliphatic rings. The van der Waals surface area contributed by atoms with Crippen molar-refractivity contribution in [3.8, 4) is 0 Å². The van der Waals surface area contributed by atoms with E-state index in [1.807, 2.05) is 6.07 Å². The van der Waals surface area contributed by atoms with Crippen LogP contribution in [0.1, 0.15) is 24.8 Å². The highest BCUT2D eigenvalue weighted by Gasteiger charge is 2.47. The fourth-order valence-electron chi connectivity index (χ4n) is 3.10. The van der Waals surface area contributed by atoms with Gasteiger partial charge in [-0.3, -0.25) is 19.7 Å². The summed E-state index contributed by atoms with van der Waals surface area (Å²) < 4.78 is 5.23. The Morgan fingerprint density at radius 2 is 1.93 bits per heavy atom. The highest BCUT2D eigenvalue weighted by molar-refractivity contribution is 6.34. The molecule has 3 rings (SSSR count). The number of non-ortho nitro benzene ring substituents is 1. The minimum Gasteiger partial charge on any atom is -0.455 e. The van der Waals surface area contributed by atoms with Gasteiger partial charge in [-0.15, -0.1) is 0 Å². The normalized spacial score (nSPS) is 14.6. The van der Waals surface area contributed by atoms with Gasteiger partial charge < -0.3 is 10.1 Å². The van der Waals surface area contributed by atoms with E-state index >= 15 is 0 Å². The molecule has 0 radical (unpaired) electrons. The summed E-state index contributed by atoms with van der Waals surface area (Å²) in [6, 6.07) is 10.7. The Morgan fingerprint density at radius 1 is 1.18 bits per heavy atom. The van der Waals surface area contributed by atoms with Gasteiger partial charge in [-0.05, 0) is 36.6 Å². The lowest BCUT2D eigenvalue weighted by atomic mass is 9.64. The second-order valence-corrected chi connectivity index (χ2v) is 7.34. The predicted molar refractivity (Wildman–Crippen MR) is 105 cm³/mol. The van der Waals surface area contributed by atoms with E-state index in [-0.39, 0.29) is 16.4 Å². The minimum atomic E-state index is -0.782. The van der Waals surface area contributed by atoms with E-state index in [0.29, 0.717) is 17.9 Å². The lowest BCUT2D eigenvalue weighted by Crippen LogP contribution is -2.44. The van der Waals surface area contributed by atoms with E-state index in [0.717, 1.165) is 18.1 Å². The number of carbonyl (C=O) groups excluding carboxylic acids is 2. The van der Waals surface area contributed by atoms with Crippen molar-refractivity contribution in [2.24, 2.45) is 0 Å². The number of benzene rings is 2. The van der Waals surface area contributed by atoms with E-state index in [1.165, 1.54) is 12.1 Å². The topological polar surface area (TPSA) is 98.5 Å². The molecule has 0 heterocycles. The number of nitrogens with zero attached hydrogens (tertiary/aromatic N) is 1. The third-order valence-corrected chi connectivity index (χ3v) is 5.29. The van der Waals surface area contributed by atoms with Gasteiger partial charge in [-0.1, -0.05) is 41.8 Å². The zero-order valence-electron chi connectivity index (χ0n) is 14.6. The maximum atomic E-state index is 12.7. The largest absolute Gasteiger partial charge is 0.455 e. The minimum absolute atomic E-state index is 0.0169. The molecule has 0 spiro atoms. The Labute approximate surface area is 170 Å². The molecule has 1 fully saturated rings.